The number of pyridine rings is 1. The van der Waals surface area contributed by atoms with Gasteiger partial charge in [-0.1, -0.05) is 24.6 Å². The van der Waals surface area contributed by atoms with Crippen LogP contribution in [0.25, 0.3) is 11.5 Å². The molecule has 1 saturated carbocycles. The van der Waals surface area contributed by atoms with Gasteiger partial charge in [-0.25, -0.2) is 0 Å². The fraction of sp³-hybridized carbons (Fsp3) is 0.409. The van der Waals surface area contributed by atoms with Gasteiger partial charge in [0.15, 0.2) is 0 Å². The Labute approximate surface area is 179 Å². The maximum atomic E-state index is 6.09. The van der Waals surface area contributed by atoms with Crippen LogP contribution in [0, 0.1) is 5.92 Å². The average molecular weight is 427 g/mol. The molecule has 2 aliphatic rings. The summed E-state index contributed by atoms with van der Waals surface area (Å²) in [7, 11) is 0. The van der Waals surface area contributed by atoms with Gasteiger partial charge in [0.25, 0.3) is 0 Å². The Bertz CT molecular complexity index is 978. The van der Waals surface area contributed by atoms with E-state index in [2.05, 4.69) is 39.1 Å². The van der Waals surface area contributed by atoms with Crippen molar-refractivity contribution in [2.45, 2.75) is 43.4 Å². The molecule has 0 radical (unpaired) electrons. The highest BCUT2D eigenvalue weighted by atomic mass is 35.5. The van der Waals surface area contributed by atoms with Crippen molar-refractivity contribution in [1.82, 2.24) is 15.2 Å². The Balaban J connectivity index is 1.31. The van der Waals surface area contributed by atoms with Gasteiger partial charge < -0.3 is 9.32 Å². The summed E-state index contributed by atoms with van der Waals surface area (Å²) in [6.45, 7) is 2.19. The highest BCUT2D eigenvalue weighted by Gasteiger charge is 2.45. The summed E-state index contributed by atoms with van der Waals surface area (Å²) in [5.41, 5.74) is 2.14. The highest BCUT2D eigenvalue weighted by Crippen LogP contribution is 2.48. The van der Waals surface area contributed by atoms with Gasteiger partial charge in [0.05, 0.1) is 5.88 Å². The number of aromatic nitrogens is 3. The van der Waals surface area contributed by atoms with Crippen LogP contribution in [-0.4, -0.2) is 32.3 Å². The van der Waals surface area contributed by atoms with E-state index in [1.165, 1.54) is 18.5 Å². The second-order valence-corrected chi connectivity index (χ2v) is 9.56. The largest absolute Gasteiger partial charge is 0.420 e. The van der Waals surface area contributed by atoms with E-state index in [4.69, 9.17) is 16.0 Å². The molecule has 7 heteroatoms. The van der Waals surface area contributed by atoms with Crippen LogP contribution in [0.2, 0.25) is 5.02 Å². The number of hydrogen-bond donors (Lipinski definition) is 0. The maximum Gasteiger partial charge on any atom is 0.247 e. The average Bonchev–Trinajstić information content (AvgIpc) is 3.29. The molecule has 150 valence electrons. The van der Waals surface area contributed by atoms with Crippen molar-refractivity contribution in [3.8, 4) is 11.5 Å². The van der Waals surface area contributed by atoms with Gasteiger partial charge in [-0.2, -0.15) is 0 Å². The second-order valence-electron chi connectivity index (χ2n) is 7.93. The van der Waals surface area contributed by atoms with E-state index < -0.39 is 0 Å². The molecule has 0 amide bonds. The molecule has 3 aromatic rings. The summed E-state index contributed by atoms with van der Waals surface area (Å²) in [6, 6.07) is 12.3. The number of benzene rings is 1. The highest BCUT2D eigenvalue weighted by molar-refractivity contribution is 8.00. The van der Waals surface area contributed by atoms with E-state index in [1.54, 1.807) is 0 Å². The monoisotopic (exact) mass is 426 g/mol. The lowest BCUT2D eigenvalue weighted by molar-refractivity contribution is 0.431. The van der Waals surface area contributed by atoms with Crippen LogP contribution in [0.3, 0.4) is 0 Å². The zero-order valence-corrected chi connectivity index (χ0v) is 17.8. The van der Waals surface area contributed by atoms with Crippen molar-refractivity contribution in [2.24, 2.45) is 5.92 Å². The standard InChI is InChI=1S/C22H23ClN4OS/c1-14(21-25-26-22(28-21)16-3-2-4-17(23)12-16)11-19-20(15-5-6-15)27(13-29-19)18-7-9-24-10-8-18/h2-4,7-10,12,14-15,19-20H,5-6,11,13H2,1H3/t14-,19?,20?/m0/s1. The van der Waals surface area contributed by atoms with Crippen molar-refractivity contribution in [2.75, 3.05) is 10.8 Å². The van der Waals surface area contributed by atoms with Gasteiger partial charge in [0.1, 0.15) is 0 Å². The maximum absolute atomic E-state index is 6.09. The molecule has 29 heavy (non-hydrogen) atoms. The smallest absolute Gasteiger partial charge is 0.247 e. The minimum absolute atomic E-state index is 0.214. The van der Waals surface area contributed by atoms with Crippen molar-refractivity contribution in [1.29, 1.82) is 0 Å². The first kappa shape index (κ1) is 18.9. The van der Waals surface area contributed by atoms with Crippen molar-refractivity contribution >= 4 is 29.1 Å². The van der Waals surface area contributed by atoms with Gasteiger partial charge in [0.2, 0.25) is 11.8 Å². The van der Waals surface area contributed by atoms with Gasteiger partial charge in [-0.05, 0) is 55.5 Å². The lowest BCUT2D eigenvalue weighted by Crippen LogP contribution is -2.37. The topological polar surface area (TPSA) is 55.1 Å². The predicted octanol–water partition coefficient (Wildman–Crippen LogP) is 5.64. The van der Waals surface area contributed by atoms with Gasteiger partial charge in [0, 0.05) is 45.9 Å². The molecule has 1 saturated heterocycles. The molecule has 2 fully saturated rings. The molecule has 0 N–H and O–H groups in total. The van der Waals surface area contributed by atoms with Crippen LogP contribution < -0.4 is 4.90 Å². The van der Waals surface area contributed by atoms with Gasteiger partial charge in [-0.15, -0.1) is 22.0 Å². The van der Waals surface area contributed by atoms with E-state index in [0.29, 0.717) is 28.1 Å². The van der Waals surface area contributed by atoms with E-state index >= 15 is 0 Å². The summed E-state index contributed by atoms with van der Waals surface area (Å²) in [4.78, 5) is 6.73. The fourth-order valence-electron chi connectivity index (χ4n) is 4.17. The SMILES string of the molecule is C[C@@H](CC1SCN(c2ccncc2)C1C1CC1)c1nnc(-c2cccc(Cl)c2)o1. The Morgan fingerprint density at radius 1 is 1.21 bits per heavy atom. The number of thioether (sulfide) groups is 1. The molecule has 3 atom stereocenters. The minimum atomic E-state index is 0.214. The second kappa shape index (κ2) is 8.00. The molecule has 1 aliphatic heterocycles. The third-order valence-corrected chi connectivity index (χ3v) is 7.35. The first-order valence-electron chi connectivity index (χ1n) is 10.1. The van der Waals surface area contributed by atoms with Gasteiger partial charge in [-0.3, -0.25) is 4.98 Å². The lowest BCUT2D eigenvalue weighted by Gasteiger charge is -2.29. The molecule has 3 heterocycles. The third-order valence-electron chi connectivity index (χ3n) is 5.79. The van der Waals surface area contributed by atoms with Crippen LogP contribution >= 0.6 is 23.4 Å². The van der Waals surface area contributed by atoms with E-state index in [0.717, 1.165) is 23.8 Å². The molecule has 2 unspecified atom stereocenters. The summed E-state index contributed by atoms with van der Waals surface area (Å²) >= 11 is 8.14. The molecular formula is C22H23ClN4OS. The number of rotatable bonds is 6. The molecule has 5 nitrogen and oxygen atoms in total. The summed E-state index contributed by atoms with van der Waals surface area (Å²) in [5, 5.41) is 9.82. The zero-order valence-electron chi connectivity index (χ0n) is 16.2. The van der Waals surface area contributed by atoms with Crippen molar-refractivity contribution in [3.05, 3.63) is 59.7 Å². The summed E-state index contributed by atoms with van der Waals surface area (Å²) in [6.07, 6.45) is 7.46. The molecule has 5 rings (SSSR count). The molecule has 2 aromatic heterocycles. The number of nitrogens with zero attached hydrogens (tertiary/aromatic N) is 4. The van der Waals surface area contributed by atoms with Crippen LogP contribution in [-0.2, 0) is 0 Å². The molecule has 0 spiro atoms. The predicted molar refractivity (Wildman–Crippen MR) is 117 cm³/mol. The van der Waals surface area contributed by atoms with E-state index in [-0.39, 0.29) is 5.92 Å². The number of halogens is 1. The molecule has 0 bridgehead atoms. The van der Waals surface area contributed by atoms with E-state index in [1.807, 2.05) is 48.4 Å². The summed E-state index contributed by atoms with van der Waals surface area (Å²) < 4.78 is 6.01. The lowest BCUT2D eigenvalue weighted by atomic mass is 9.97. The van der Waals surface area contributed by atoms with Crippen LogP contribution in [0.5, 0.6) is 0 Å². The first-order chi connectivity index (χ1) is 14.2. The van der Waals surface area contributed by atoms with Crippen LogP contribution in [0.4, 0.5) is 5.69 Å². The Kier molecular flexibility index (Phi) is 5.22. The van der Waals surface area contributed by atoms with Crippen molar-refractivity contribution < 1.29 is 4.42 Å². The van der Waals surface area contributed by atoms with Crippen LogP contribution in [0.1, 0.15) is 38.0 Å². The zero-order chi connectivity index (χ0) is 19.8. The van der Waals surface area contributed by atoms with Crippen molar-refractivity contribution in [3.63, 3.8) is 0 Å². The molecular weight excluding hydrogens is 404 g/mol. The van der Waals surface area contributed by atoms with E-state index in [9.17, 15) is 0 Å². The minimum Gasteiger partial charge on any atom is -0.420 e. The quantitative estimate of drug-likeness (QED) is 0.508. The molecule has 1 aromatic carbocycles. The third kappa shape index (κ3) is 4.01. The Hall–Kier alpha value is -2.05. The van der Waals surface area contributed by atoms with Crippen LogP contribution in [0.15, 0.2) is 53.2 Å². The summed E-state index contributed by atoms with van der Waals surface area (Å²) in [5.74, 6) is 3.27. The first-order valence-corrected chi connectivity index (χ1v) is 11.5. The fourth-order valence-corrected chi connectivity index (χ4v) is 6.02. The Morgan fingerprint density at radius 3 is 2.79 bits per heavy atom. The number of anilines is 1. The van der Waals surface area contributed by atoms with Gasteiger partial charge >= 0.3 is 0 Å². The Morgan fingerprint density at radius 2 is 2.03 bits per heavy atom. The number of hydrogen-bond acceptors (Lipinski definition) is 6. The normalized spacial score (nSPS) is 22.8. The molecule has 1 aliphatic carbocycles.